The number of rotatable bonds is 5. The van der Waals surface area contributed by atoms with E-state index in [2.05, 4.69) is 22.4 Å². The molecule has 0 radical (unpaired) electrons. The van der Waals surface area contributed by atoms with Crippen LogP contribution in [0.2, 0.25) is 0 Å². The van der Waals surface area contributed by atoms with Crippen molar-refractivity contribution in [2.24, 2.45) is 13.0 Å². The summed E-state index contributed by atoms with van der Waals surface area (Å²) in [6.07, 6.45) is 5.73. The number of amides is 2. The van der Waals surface area contributed by atoms with Gasteiger partial charge in [-0.3, -0.25) is 14.3 Å². The van der Waals surface area contributed by atoms with Crippen LogP contribution < -0.4 is 11.1 Å². The first kappa shape index (κ1) is 22.3. The molecule has 10 heteroatoms. The minimum absolute atomic E-state index is 0.0964. The Kier molecular flexibility index (Phi) is 4.89. The Hall–Kier alpha value is -4.21. The zero-order valence-electron chi connectivity index (χ0n) is 20.7. The molecule has 1 unspecified atom stereocenters. The number of fused-ring (bicyclic) bond motifs is 2. The number of nitrogens with two attached hydrogens (primary N) is 1. The van der Waals surface area contributed by atoms with Crippen LogP contribution >= 0.6 is 0 Å². The normalized spacial score (nSPS) is 16.0. The first-order chi connectivity index (χ1) is 17.2. The molecule has 36 heavy (non-hydrogen) atoms. The number of aryl methyl sites for hydroxylation is 2. The van der Waals surface area contributed by atoms with Crippen molar-refractivity contribution in [3.05, 3.63) is 58.5 Å². The summed E-state index contributed by atoms with van der Waals surface area (Å²) >= 11 is 0. The number of nitrogens with one attached hydrogen (secondary N) is 1. The molecule has 1 atom stereocenters. The Bertz CT molecular complexity index is 1560. The highest BCUT2D eigenvalue weighted by Crippen LogP contribution is 2.39. The van der Waals surface area contributed by atoms with Crippen molar-refractivity contribution < 1.29 is 9.59 Å². The lowest BCUT2D eigenvalue weighted by molar-refractivity contribution is 0.0697. The van der Waals surface area contributed by atoms with Crippen LogP contribution in [0.1, 0.15) is 57.3 Å². The number of nitrogens with zero attached hydrogens (tertiary/aromatic N) is 6. The summed E-state index contributed by atoms with van der Waals surface area (Å²) < 4.78 is 3.19. The summed E-state index contributed by atoms with van der Waals surface area (Å²) in [7, 11) is 1.81. The smallest absolute Gasteiger partial charge is 0.263 e. The zero-order chi connectivity index (χ0) is 25.3. The van der Waals surface area contributed by atoms with Gasteiger partial charge in [-0.25, -0.2) is 9.50 Å². The molecule has 0 saturated heterocycles. The van der Waals surface area contributed by atoms with Gasteiger partial charge in [0, 0.05) is 37.0 Å². The lowest BCUT2D eigenvalue weighted by Crippen LogP contribution is -2.34. The van der Waals surface area contributed by atoms with Gasteiger partial charge in [-0.2, -0.15) is 5.10 Å². The summed E-state index contributed by atoms with van der Waals surface area (Å²) in [5, 5.41) is 11.3. The fraction of sp³-hybridized carbons (Fsp3) is 0.346. The van der Waals surface area contributed by atoms with Crippen LogP contribution in [-0.4, -0.2) is 47.1 Å². The molecule has 10 nitrogen and oxygen atoms in total. The molecule has 4 heterocycles. The van der Waals surface area contributed by atoms with E-state index in [4.69, 9.17) is 10.7 Å². The van der Waals surface area contributed by atoms with E-state index < -0.39 is 5.91 Å². The highest BCUT2D eigenvalue weighted by molar-refractivity contribution is 6.11. The SMILES string of the molecule is Cc1cc(-c2ccn3nc(N)c(C(=O)Nc4cnn(C)c4C)c3n2)cc2c1C(=O)N(C(C)C1CC1)C2. The molecule has 0 bridgehead atoms. The van der Waals surface area contributed by atoms with Gasteiger partial charge in [0.1, 0.15) is 5.56 Å². The fourth-order valence-corrected chi connectivity index (χ4v) is 5.13. The largest absolute Gasteiger partial charge is 0.381 e. The van der Waals surface area contributed by atoms with Crippen LogP contribution in [0.5, 0.6) is 0 Å². The highest BCUT2D eigenvalue weighted by atomic mass is 16.2. The molecule has 1 fully saturated rings. The van der Waals surface area contributed by atoms with E-state index in [9.17, 15) is 9.59 Å². The summed E-state index contributed by atoms with van der Waals surface area (Å²) in [6.45, 7) is 6.60. The molecule has 3 aromatic heterocycles. The third-order valence-corrected chi connectivity index (χ3v) is 7.55. The number of nitrogen functional groups attached to an aromatic ring is 1. The third-order valence-electron chi connectivity index (χ3n) is 7.55. The van der Waals surface area contributed by atoms with Crippen molar-refractivity contribution in [3.8, 4) is 11.3 Å². The number of hydrogen-bond acceptors (Lipinski definition) is 6. The van der Waals surface area contributed by atoms with Crippen LogP contribution in [-0.2, 0) is 13.6 Å². The summed E-state index contributed by atoms with van der Waals surface area (Å²) in [4.78, 5) is 33.1. The Morgan fingerprint density at radius 3 is 2.72 bits per heavy atom. The Morgan fingerprint density at radius 1 is 1.25 bits per heavy atom. The van der Waals surface area contributed by atoms with E-state index >= 15 is 0 Å². The van der Waals surface area contributed by atoms with E-state index in [0.717, 1.165) is 27.9 Å². The maximum Gasteiger partial charge on any atom is 0.263 e. The molecule has 0 spiro atoms. The van der Waals surface area contributed by atoms with E-state index in [1.807, 2.05) is 36.9 Å². The standard InChI is InChI=1S/C26H28N8O2/c1-13-9-17(10-18-12-33(26(36)21(13)18)14(2)16-5-6-16)19-7-8-34-24(29-19)22(23(27)31-34)25(35)30-20-11-28-32(4)15(20)3/h7-11,14,16H,5-6,12H2,1-4H3,(H2,27,31)(H,30,35). The minimum atomic E-state index is -0.399. The van der Waals surface area contributed by atoms with Crippen LogP contribution in [0.3, 0.4) is 0 Å². The first-order valence-electron chi connectivity index (χ1n) is 12.1. The number of benzene rings is 1. The van der Waals surface area contributed by atoms with E-state index in [1.54, 1.807) is 24.1 Å². The maximum absolute atomic E-state index is 13.2. The molecule has 1 aromatic carbocycles. The topological polar surface area (TPSA) is 123 Å². The lowest BCUT2D eigenvalue weighted by atomic mass is 9.98. The van der Waals surface area contributed by atoms with Crippen LogP contribution in [0, 0.1) is 19.8 Å². The predicted octanol–water partition coefficient (Wildman–Crippen LogP) is 3.34. The van der Waals surface area contributed by atoms with Crippen LogP contribution in [0.4, 0.5) is 11.5 Å². The van der Waals surface area contributed by atoms with Crippen LogP contribution in [0.15, 0.2) is 30.6 Å². The summed E-state index contributed by atoms with van der Waals surface area (Å²) in [6, 6.07) is 6.12. The van der Waals surface area contributed by atoms with Crippen molar-refractivity contribution in [2.45, 2.75) is 46.2 Å². The van der Waals surface area contributed by atoms with Gasteiger partial charge in [0.15, 0.2) is 11.5 Å². The molecule has 1 saturated carbocycles. The van der Waals surface area contributed by atoms with Gasteiger partial charge in [0.05, 0.1) is 23.3 Å². The Balaban J connectivity index is 1.36. The molecule has 4 aromatic rings. The van der Waals surface area contributed by atoms with Gasteiger partial charge >= 0.3 is 0 Å². The van der Waals surface area contributed by atoms with E-state index in [0.29, 0.717) is 29.5 Å². The number of aromatic nitrogens is 5. The van der Waals surface area contributed by atoms with Gasteiger partial charge in [0.25, 0.3) is 11.8 Å². The molecule has 3 N–H and O–H groups in total. The van der Waals surface area contributed by atoms with Crippen molar-refractivity contribution in [1.82, 2.24) is 29.3 Å². The monoisotopic (exact) mass is 484 g/mol. The van der Waals surface area contributed by atoms with Crippen molar-refractivity contribution >= 4 is 29.0 Å². The van der Waals surface area contributed by atoms with Gasteiger partial charge in [-0.1, -0.05) is 0 Å². The first-order valence-corrected chi connectivity index (χ1v) is 12.1. The molecular formula is C26H28N8O2. The number of carbonyl (C=O) groups excluding carboxylic acids is 2. The maximum atomic E-state index is 13.2. The van der Waals surface area contributed by atoms with Crippen molar-refractivity contribution in [2.75, 3.05) is 11.1 Å². The fourth-order valence-electron chi connectivity index (χ4n) is 5.13. The van der Waals surface area contributed by atoms with Gasteiger partial charge in [-0.15, -0.1) is 5.10 Å². The van der Waals surface area contributed by atoms with Crippen LogP contribution in [0.25, 0.3) is 16.9 Å². The van der Waals surface area contributed by atoms with Crippen molar-refractivity contribution in [3.63, 3.8) is 0 Å². The van der Waals surface area contributed by atoms with Gasteiger partial charge in [-0.05, 0) is 68.9 Å². The molecule has 2 amide bonds. The molecule has 1 aliphatic heterocycles. The Morgan fingerprint density at radius 2 is 2.03 bits per heavy atom. The molecule has 2 aliphatic rings. The second kappa shape index (κ2) is 7.91. The quantitative estimate of drug-likeness (QED) is 0.448. The zero-order valence-corrected chi connectivity index (χ0v) is 20.7. The Labute approximate surface area is 208 Å². The van der Waals surface area contributed by atoms with Crippen molar-refractivity contribution in [1.29, 1.82) is 0 Å². The molecule has 184 valence electrons. The number of carbonyl (C=O) groups is 2. The second-order valence-corrected chi connectivity index (χ2v) is 9.90. The highest BCUT2D eigenvalue weighted by Gasteiger charge is 2.39. The second-order valence-electron chi connectivity index (χ2n) is 9.90. The minimum Gasteiger partial charge on any atom is -0.381 e. The number of hydrogen-bond donors (Lipinski definition) is 2. The molecule has 6 rings (SSSR count). The average Bonchev–Trinajstić information content (AvgIpc) is 3.48. The van der Waals surface area contributed by atoms with E-state index in [1.165, 1.54) is 17.4 Å². The third kappa shape index (κ3) is 3.43. The summed E-state index contributed by atoms with van der Waals surface area (Å²) in [5.74, 6) is 0.423. The average molecular weight is 485 g/mol. The molecule has 1 aliphatic carbocycles. The predicted molar refractivity (Wildman–Crippen MR) is 136 cm³/mol. The summed E-state index contributed by atoms with van der Waals surface area (Å²) in [5.41, 5.74) is 12.4. The lowest BCUT2D eigenvalue weighted by Gasteiger charge is -2.24. The van der Waals surface area contributed by atoms with E-state index in [-0.39, 0.29) is 23.3 Å². The number of anilines is 2. The van der Waals surface area contributed by atoms with Gasteiger partial charge < -0.3 is 16.0 Å². The van der Waals surface area contributed by atoms with Gasteiger partial charge in [0.2, 0.25) is 0 Å². The molecular weight excluding hydrogens is 456 g/mol.